The lowest BCUT2D eigenvalue weighted by atomic mass is 10.4. The van der Waals surface area contributed by atoms with Crippen molar-refractivity contribution in [3.05, 3.63) is 17.7 Å². The Hall–Kier alpha value is -1.20. The molecule has 78 valence electrons. The largest absolute Gasteiger partial charge is 0.390 e. The molecule has 0 unspecified atom stereocenters. The first-order valence-electron chi connectivity index (χ1n) is 4.35. The summed E-state index contributed by atoms with van der Waals surface area (Å²) < 4.78 is 6.58. The minimum absolute atomic E-state index is 0.110. The van der Waals surface area contributed by atoms with Crippen LogP contribution < -0.4 is 0 Å². The number of ketones is 1. The fourth-order valence-electron chi connectivity index (χ4n) is 1.25. The van der Waals surface area contributed by atoms with Crippen LogP contribution in [0.1, 0.15) is 23.2 Å². The van der Waals surface area contributed by atoms with Gasteiger partial charge in [0.2, 0.25) is 0 Å². The van der Waals surface area contributed by atoms with E-state index in [0.29, 0.717) is 24.7 Å². The van der Waals surface area contributed by atoms with Crippen molar-refractivity contribution in [2.24, 2.45) is 0 Å². The van der Waals surface area contributed by atoms with Crippen LogP contribution in [-0.2, 0) is 17.9 Å². The topological polar surface area (TPSA) is 64.3 Å². The maximum Gasteiger partial charge on any atom is 0.195 e. The summed E-state index contributed by atoms with van der Waals surface area (Å²) in [6.07, 6.45) is 1.51. The van der Waals surface area contributed by atoms with E-state index in [4.69, 9.17) is 9.84 Å². The van der Waals surface area contributed by atoms with Crippen LogP contribution in [0.2, 0.25) is 0 Å². The number of Topliss-reactive ketones (excluding diaryl/α,β-unsaturated/α-hetero) is 1. The van der Waals surface area contributed by atoms with Gasteiger partial charge in [-0.2, -0.15) is 0 Å². The van der Waals surface area contributed by atoms with Gasteiger partial charge >= 0.3 is 0 Å². The summed E-state index contributed by atoms with van der Waals surface area (Å²) >= 11 is 0. The number of methoxy groups -OCH3 is 1. The van der Waals surface area contributed by atoms with Crippen LogP contribution >= 0.6 is 0 Å². The van der Waals surface area contributed by atoms with Crippen molar-refractivity contribution in [1.82, 2.24) is 9.55 Å². The second-order valence-corrected chi connectivity index (χ2v) is 2.93. The lowest BCUT2D eigenvalue weighted by Crippen LogP contribution is -2.13. The number of carbonyl (C=O) groups excluding carboxylic acids is 1. The van der Waals surface area contributed by atoms with Gasteiger partial charge in [-0.1, -0.05) is 0 Å². The molecule has 0 radical (unpaired) electrons. The molecule has 0 atom stereocenters. The third-order valence-corrected chi connectivity index (χ3v) is 1.93. The Bertz CT molecular complexity index is 320. The standard InChI is InChI=1S/C9H14N2O3/c1-7(13)9-10-5-8(6-12)11(9)3-4-14-2/h5,12H,3-4,6H2,1-2H3. The monoisotopic (exact) mass is 198 g/mol. The zero-order valence-electron chi connectivity index (χ0n) is 8.36. The number of ether oxygens (including phenoxy) is 1. The summed E-state index contributed by atoms with van der Waals surface area (Å²) in [5, 5.41) is 9.00. The average molecular weight is 198 g/mol. The Balaban J connectivity index is 2.93. The van der Waals surface area contributed by atoms with Gasteiger partial charge in [-0.05, 0) is 0 Å². The molecule has 0 saturated carbocycles. The minimum atomic E-state index is -0.121. The third kappa shape index (κ3) is 2.18. The molecule has 0 bridgehead atoms. The number of nitrogens with zero attached hydrogens (tertiary/aromatic N) is 2. The number of hydrogen-bond acceptors (Lipinski definition) is 4. The summed E-state index contributed by atoms with van der Waals surface area (Å²) in [5.74, 6) is 0.256. The van der Waals surface area contributed by atoms with Crippen molar-refractivity contribution in [1.29, 1.82) is 0 Å². The molecule has 1 aromatic rings. The highest BCUT2D eigenvalue weighted by Gasteiger charge is 2.12. The number of carbonyl (C=O) groups is 1. The molecule has 1 aromatic heterocycles. The molecule has 14 heavy (non-hydrogen) atoms. The van der Waals surface area contributed by atoms with Gasteiger partial charge in [-0.15, -0.1) is 0 Å². The van der Waals surface area contributed by atoms with Crippen LogP contribution in [0, 0.1) is 0 Å². The summed E-state index contributed by atoms with van der Waals surface area (Å²) in [4.78, 5) is 15.1. The van der Waals surface area contributed by atoms with E-state index in [1.54, 1.807) is 11.7 Å². The van der Waals surface area contributed by atoms with Crippen molar-refractivity contribution in [2.45, 2.75) is 20.1 Å². The van der Waals surface area contributed by atoms with Gasteiger partial charge in [-0.3, -0.25) is 4.79 Å². The Morgan fingerprint density at radius 1 is 1.71 bits per heavy atom. The molecular weight excluding hydrogens is 184 g/mol. The van der Waals surface area contributed by atoms with Gasteiger partial charge in [0.25, 0.3) is 0 Å². The van der Waals surface area contributed by atoms with Crippen LogP contribution in [0.4, 0.5) is 0 Å². The quantitative estimate of drug-likeness (QED) is 0.687. The van der Waals surface area contributed by atoms with Gasteiger partial charge in [0.05, 0.1) is 25.1 Å². The van der Waals surface area contributed by atoms with Gasteiger partial charge in [-0.25, -0.2) is 4.98 Å². The van der Waals surface area contributed by atoms with Crippen molar-refractivity contribution < 1.29 is 14.6 Å². The minimum Gasteiger partial charge on any atom is -0.390 e. The highest BCUT2D eigenvalue weighted by atomic mass is 16.5. The summed E-state index contributed by atoms with van der Waals surface area (Å²) in [7, 11) is 1.59. The first kappa shape index (κ1) is 10.9. The maximum absolute atomic E-state index is 11.2. The number of rotatable bonds is 5. The van der Waals surface area contributed by atoms with Gasteiger partial charge in [0.1, 0.15) is 0 Å². The molecule has 0 aliphatic rings. The van der Waals surface area contributed by atoms with Crippen LogP contribution in [-0.4, -0.2) is 34.2 Å². The number of imidazole rings is 1. The molecule has 5 heteroatoms. The van der Waals surface area contributed by atoms with Crippen LogP contribution in [0.3, 0.4) is 0 Å². The SMILES string of the molecule is COCCn1c(CO)cnc1C(C)=O. The lowest BCUT2D eigenvalue weighted by molar-refractivity contribution is 0.0995. The Labute approximate surface area is 82.3 Å². The van der Waals surface area contributed by atoms with E-state index >= 15 is 0 Å². The summed E-state index contributed by atoms with van der Waals surface area (Å²) in [6.45, 7) is 2.35. The van der Waals surface area contributed by atoms with E-state index in [0.717, 1.165) is 0 Å². The molecule has 1 rings (SSSR count). The molecule has 0 aliphatic heterocycles. The highest BCUT2D eigenvalue weighted by molar-refractivity contribution is 5.90. The predicted octanol–water partition coefficient (Wildman–Crippen LogP) is 0.224. The summed E-state index contributed by atoms with van der Waals surface area (Å²) in [5.41, 5.74) is 0.632. The second-order valence-electron chi connectivity index (χ2n) is 2.93. The molecule has 0 saturated heterocycles. The Morgan fingerprint density at radius 3 is 2.93 bits per heavy atom. The van der Waals surface area contributed by atoms with Crippen molar-refractivity contribution in [2.75, 3.05) is 13.7 Å². The maximum atomic E-state index is 11.2. The second kappa shape index (κ2) is 4.88. The zero-order chi connectivity index (χ0) is 10.6. The lowest BCUT2D eigenvalue weighted by Gasteiger charge is -2.07. The van der Waals surface area contributed by atoms with Crippen LogP contribution in [0.5, 0.6) is 0 Å². The number of hydrogen-bond donors (Lipinski definition) is 1. The van der Waals surface area contributed by atoms with Gasteiger partial charge < -0.3 is 14.4 Å². The smallest absolute Gasteiger partial charge is 0.195 e. The van der Waals surface area contributed by atoms with E-state index in [1.807, 2.05) is 0 Å². The van der Waals surface area contributed by atoms with Crippen molar-refractivity contribution >= 4 is 5.78 Å². The van der Waals surface area contributed by atoms with Crippen molar-refractivity contribution in [3.63, 3.8) is 0 Å². The molecule has 0 aliphatic carbocycles. The number of aliphatic hydroxyl groups excluding tert-OH is 1. The van der Waals surface area contributed by atoms with E-state index in [9.17, 15) is 4.79 Å². The predicted molar refractivity (Wildman–Crippen MR) is 50.0 cm³/mol. The molecule has 1 heterocycles. The fraction of sp³-hybridized carbons (Fsp3) is 0.556. The van der Waals surface area contributed by atoms with E-state index in [2.05, 4.69) is 4.98 Å². The zero-order valence-corrected chi connectivity index (χ0v) is 8.36. The first-order chi connectivity index (χ1) is 6.70. The molecular formula is C9H14N2O3. The van der Waals surface area contributed by atoms with Crippen LogP contribution in [0.25, 0.3) is 0 Å². The van der Waals surface area contributed by atoms with Crippen molar-refractivity contribution in [3.8, 4) is 0 Å². The average Bonchev–Trinajstić information content (AvgIpc) is 2.57. The normalized spacial score (nSPS) is 10.5. The molecule has 0 amide bonds. The Morgan fingerprint density at radius 2 is 2.43 bits per heavy atom. The van der Waals surface area contributed by atoms with Gasteiger partial charge in [0.15, 0.2) is 11.6 Å². The summed E-state index contributed by atoms with van der Waals surface area (Å²) in [6, 6.07) is 0. The molecule has 0 aromatic carbocycles. The number of aromatic nitrogens is 2. The molecule has 0 fully saturated rings. The van der Waals surface area contributed by atoms with Crippen LogP contribution in [0.15, 0.2) is 6.20 Å². The Kier molecular flexibility index (Phi) is 3.79. The number of aliphatic hydroxyl groups is 1. The third-order valence-electron chi connectivity index (χ3n) is 1.93. The molecule has 5 nitrogen and oxygen atoms in total. The molecule has 0 spiro atoms. The van der Waals surface area contributed by atoms with E-state index < -0.39 is 0 Å². The van der Waals surface area contributed by atoms with E-state index in [1.165, 1.54) is 13.1 Å². The molecule has 1 N–H and O–H groups in total. The fourth-order valence-corrected chi connectivity index (χ4v) is 1.25. The van der Waals surface area contributed by atoms with E-state index in [-0.39, 0.29) is 12.4 Å². The highest BCUT2D eigenvalue weighted by Crippen LogP contribution is 2.06. The first-order valence-corrected chi connectivity index (χ1v) is 4.35. The van der Waals surface area contributed by atoms with Gasteiger partial charge in [0, 0.05) is 20.6 Å².